The van der Waals surface area contributed by atoms with Crippen LogP contribution in [-0.4, -0.2) is 12.5 Å². The second-order valence-electron chi connectivity index (χ2n) is 3.23. The second-order valence-corrected chi connectivity index (χ2v) is 4.22. The van der Waals surface area contributed by atoms with Crippen LogP contribution in [-0.2, 0) is 4.74 Å². The Bertz CT molecular complexity index is 276. The first-order valence-corrected chi connectivity index (χ1v) is 5.66. The first-order valence-electron chi connectivity index (χ1n) is 4.68. The molecular weight excluding hydrogens is 192 g/mol. The van der Waals surface area contributed by atoms with Crippen molar-refractivity contribution in [3.63, 3.8) is 0 Å². The Morgan fingerprint density at radius 3 is 2.64 bits per heavy atom. The van der Waals surface area contributed by atoms with Crippen LogP contribution in [0.2, 0.25) is 0 Å². The summed E-state index contributed by atoms with van der Waals surface area (Å²) in [6, 6.07) is 10.3. The molecule has 0 bridgehead atoms. The summed E-state index contributed by atoms with van der Waals surface area (Å²) in [5, 5.41) is 0. The first kappa shape index (κ1) is 11.3. The van der Waals surface area contributed by atoms with Gasteiger partial charge < -0.3 is 4.74 Å². The Hall–Kier alpha value is -0.730. The Balaban J connectivity index is 2.14. The third-order valence-corrected chi connectivity index (χ3v) is 2.55. The van der Waals surface area contributed by atoms with Crippen LogP contribution in [0.5, 0.6) is 0 Å². The lowest BCUT2D eigenvalue weighted by molar-refractivity contribution is 0.216. The van der Waals surface area contributed by atoms with Crippen molar-refractivity contribution in [1.29, 1.82) is 0 Å². The Morgan fingerprint density at radius 2 is 2.00 bits per heavy atom. The molecule has 0 fully saturated rings. The fourth-order valence-corrected chi connectivity index (χ4v) is 1.57. The van der Waals surface area contributed by atoms with E-state index < -0.39 is 0 Å². The van der Waals surface area contributed by atoms with Gasteiger partial charge in [-0.15, -0.1) is 0 Å². The summed E-state index contributed by atoms with van der Waals surface area (Å²) < 4.78 is 5.43. The highest BCUT2D eigenvalue weighted by Gasteiger charge is 1.90. The van der Waals surface area contributed by atoms with Gasteiger partial charge in [-0.25, -0.2) is 0 Å². The molecule has 1 nitrogen and oxygen atoms in total. The van der Waals surface area contributed by atoms with Crippen LogP contribution >= 0.6 is 11.8 Å². The molecule has 0 radical (unpaired) electrons. The highest BCUT2D eigenvalue weighted by atomic mass is 32.2. The number of allylic oxidation sites excluding steroid dienone is 1. The predicted octanol–water partition coefficient (Wildman–Crippen LogP) is 3.72. The Morgan fingerprint density at radius 1 is 1.29 bits per heavy atom. The van der Waals surface area contributed by atoms with E-state index in [-0.39, 0.29) is 0 Å². The van der Waals surface area contributed by atoms with Gasteiger partial charge in [0.2, 0.25) is 0 Å². The SMILES string of the molecule is CC(C)=CCOCSc1ccccc1. The minimum Gasteiger partial charge on any atom is -0.366 e. The zero-order chi connectivity index (χ0) is 10.2. The highest BCUT2D eigenvalue weighted by molar-refractivity contribution is 7.99. The Labute approximate surface area is 90.2 Å². The highest BCUT2D eigenvalue weighted by Crippen LogP contribution is 2.16. The average molecular weight is 208 g/mol. The number of rotatable bonds is 5. The van der Waals surface area contributed by atoms with E-state index in [4.69, 9.17) is 4.74 Å². The van der Waals surface area contributed by atoms with E-state index in [0.717, 1.165) is 0 Å². The molecule has 0 heterocycles. The average Bonchev–Trinajstić information content (AvgIpc) is 2.18. The molecule has 0 N–H and O–H groups in total. The zero-order valence-corrected chi connectivity index (χ0v) is 9.51. The molecule has 1 aromatic carbocycles. The number of ether oxygens (including phenoxy) is 1. The van der Waals surface area contributed by atoms with E-state index in [1.54, 1.807) is 11.8 Å². The molecule has 2 heteroatoms. The van der Waals surface area contributed by atoms with Crippen molar-refractivity contribution in [2.75, 3.05) is 12.5 Å². The second kappa shape index (κ2) is 6.68. The van der Waals surface area contributed by atoms with Gasteiger partial charge in [-0.05, 0) is 26.0 Å². The van der Waals surface area contributed by atoms with Gasteiger partial charge in [-0.1, -0.05) is 41.6 Å². The van der Waals surface area contributed by atoms with Crippen molar-refractivity contribution in [1.82, 2.24) is 0 Å². The zero-order valence-electron chi connectivity index (χ0n) is 8.69. The molecule has 0 spiro atoms. The predicted molar refractivity (Wildman–Crippen MR) is 62.5 cm³/mol. The third-order valence-electron chi connectivity index (χ3n) is 1.66. The third kappa shape index (κ3) is 5.10. The van der Waals surface area contributed by atoms with Gasteiger partial charge in [0.05, 0.1) is 12.5 Å². The summed E-state index contributed by atoms with van der Waals surface area (Å²) in [6.45, 7) is 4.86. The lowest BCUT2D eigenvalue weighted by Crippen LogP contribution is -1.90. The van der Waals surface area contributed by atoms with Crippen LogP contribution in [0.15, 0.2) is 46.9 Å². The molecule has 0 atom stereocenters. The van der Waals surface area contributed by atoms with Gasteiger partial charge in [0, 0.05) is 4.90 Å². The summed E-state index contributed by atoms with van der Waals surface area (Å²) in [5.41, 5.74) is 1.30. The van der Waals surface area contributed by atoms with Crippen LogP contribution < -0.4 is 0 Å². The van der Waals surface area contributed by atoms with E-state index in [0.29, 0.717) is 12.5 Å². The Kier molecular flexibility index (Phi) is 5.42. The summed E-state index contributed by atoms with van der Waals surface area (Å²) in [5.74, 6) is 0.716. The lowest BCUT2D eigenvalue weighted by Gasteiger charge is -2.01. The molecule has 0 amide bonds. The minimum absolute atomic E-state index is 0.710. The van der Waals surface area contributed by atoms with Crippen molar-refractivity contribution in [2.45, 2.75) is 18.7 Å². The molecule has 0 saturated carbocycles. The van der Waals surface area contributed by atoms with Crippen LogP contribution in [0, 0.1) is 0 Å². The van der Waals surface area contributed by atoms with E-state index >= 15 is 0 Å². The number of thioether (sulfide) groups is 1. The lowest BCUT2D eigenvalue weighted by atomic mass is 10.3. The molecule has 1 rings (SSSR count). The van der Waals surface area contributed by atoms with Crippen molar-refractivity contribution >= 4 is 11.8 Å². The number of benzene rings is 1. The van der Waals surface area contributed by atoms with E-state index in [9.17, 15) is 0 Å². The topological polar surface area (TPSA) is 9.23 Å². The molecule has 76 valence electrons. The minimum atomic E-state index is 0.710. The largest absolute Gasteiger partial charge is 0.366 e. The first-order chi connectivity index (χ1) is 6.79. The van der Waals surface area contributed by atoms with Crippen LogP contribution in [0.3, 0.4) is 0 Å². The fraction of sp³-hybridized carbons (Fsp3) is 0.333. The van der Waals surface area contributed by atoms with Gasteiger partial charge in [0.25, 0.3) is 0 Å². The van der Waals surface area contributed by atoms with Gasteiger partial charge in [-0.3, -0.25) is 0 Å². The molecule has 0 aliphatic carbocycles. The maximum Gasteiger partial charge on any atom is 0.0971 e. The summed E-state index contributed by atoms with van der Waals surface area (Å²) in [7, 11) is 0. The van der Waals surface area contributed by atoms with Gasteiger partial charge in [0.1, 0.15) is 0 Å². The van der Waals surface area contributed by atoms with Crippen molar-refractivity contribution in [2.24, 2.45) is 0 Å². The normalized spacial score (nSPS) is 9.86. The number of hydrogen-bond donors (Lipinski definition) is 0. The van der Waals surface area contributed by atoms with E-state index in [2.05, 4.69) is 32.1 Å². The van der Waals surface area contributed by atoms with Gasteiger partial charge >= 0.3 is 0 Å². The van der Waals surface area contributed by atoms with E-state index in [1.807, 2.05) is 18.2 Å². The van der Waals surface area contributed by atoms with Crippen molar-refractivity contribution < 1.29 is 4.74 Å². The summed E-state index contributed by atoms with van der Waals surface area (Å²) >= 11 is 1.72. The van der Waals surface area contributed by atoms with Crippen LogP contribution in [0.25, 0.3) is 0 Å². The molecule has 0 saturated heterocycles. The summed E-state index contributed by atoms with van der Waals surface area (Å²) in [6.07, 6.45) is 2.09. The maximum absolute atomic E-state index is 5.43. The fourth-order valence-electron chi connectivity index (χ4n) is 0.900. The molecular formula is C12H16OS. The van der Waals surface area contributed by atoms with Crippen molar-refractivity contribution in [3.05, 3.63) is 42.0 Å². The van der Waals surface area contributed by atoms with Crippen molar-refractivity contribution in [3.8, 4) is 0 Å². The quantitative estimate of drug-likeness (QED) is 0.316. The standard InChI is InChI=1S/C12H16OS/c1-11(2)8-9-13-10-14-12-6-4-3-5-7-12/h3-8H,9-10H2,1-2H3. The molecule has 0 aliphatic heterocycles. The van der Waals surface area contributed by atoms with Crippen LogP contribution in [0.1, 0.15) is 13.8 Å². The smallest absolute Gasteiger partial charge is 0.0971 e. The molecule has 0 aliphatic rings. The molecule has 0 unspecified atom stereocenters. The van der Waals surface area contributed by atoms with Gasteiger partial charge in [-0.2, -0.15) is 0 Å². The van der Waals surface area contributed by atoms with Crippen LogP contribution in [0.4, 0.5) is 0 Å². The molecule has 1 aromatic rings. The van der Waals surface area contributed by atoms with Gasteiger partial charge in [0.15, 0.2) is 0 Å². The molecule has 0 aromatic heterocycles. The molecule has 14 heavy (non-hydrogen) atoms. The maximum atomic E-state index is 5.43. The van der Waals surface area contributed by atoms with E-state index in [1.165, 1.54) is 10.5 Å². The number of hydrogen-bond acceptors (Lipinski definition) is 2. The summed E-state index contributed by atoms with van der Waals surface area (Å²) in [4.78, 5) is 1.25. The monoisotopic (exact) mass is 208 g/mol.